The van der Waals surface area contributed by atoms with Gasteiger partial charge in [0.1, 0.15) is 16.9 Å². The number of carbonyl (C=O) groups excluding carboxylic acids is 2. The molecule has 0 bridgehead atoms. The topological polar surface area (TPSA) is 73.9 Å². The number of ether oxygens (including phenoxy) is 3. The minimum absolute atomic E-state index is 0.170. The van der Waals surface area contributed by atoms with E-state index in [4.69, 9.17) is 14.2 Å². The minimum atomic E-state index is -0.813. The molecule has 1 aliphatic rings. The molecule has 6 nitrogen and oxygen atoms in total. The summed E-state index contributed by atoms with van der Waals surface area (Å²) in [5.41, 5.74) is 0.0396. The van der Waals surface area contributed by atoms with Crippen LogP contribution >= 0.6 is 0 Å². The Morgan fingerprint density at radius 1 is 1.21 bits per heavy atom. The van der Waals surface area contributed by atoms with Crippen molar-refractivity contribution in [2.24, 2.45) is 5.92 Å². The molecule has 1 aromatic carbocycles. The summed E-state index contributed by atoms with van der Waals surface area (Å²) in [5.74, 6) is 0.443. The second kappa shape index (κ2) is 10.5. The van der Waals surface area contributed by atoms with Gasteiger partial charge in [0.05, 0.1) is 13.2 Å². The zero-order valence-electron chi connectivity index (χ0n) is 17.5. The van der Waals surface area contributed by atoms with Crippen LogP contribution in [0.1, 0.15) is 69.7 Å². The Morgan fingerprint density at radius 2 is 1.93 bits per heavy atom. The summed E-state index contributed by atoms with van der Waals surface area (Å²) in [6.07, 6.45) is 5.20. The highest BCUT2D eigenvalue weighted by atomic mass is 16.5. The first-order valence-corrected chi connectivity index (χ1v) is 10.3. The van der Waals surface area contributed by atoms with Crippen LogP contribution in [0.25, 0.3) is 0 Å². The third kappa shape index (κ3) is 5.47. The largest absolute Gasteiger partial charge is 0.493 e. The predicted octanol–water partition coefficient (Wildman–Crippen LogP) is 4.58. The number of carbonyl (C=O) groups is 2. The lowest BCUT2D eigenvalue weighted by molar-refractivity contribution is -0.142. The van der Waals surface area contributed by atoms with Crippen LogP contribution in [0.2, 0.25) is 0 Å². The van der Waals surface area contributed by atoms with Crippen molar-refractivity contribution in [3.63, 3.8) is 0 Å². The Hall–Kier alpha value is -2.08. The molecule has 0 radical (unpaired) electrons. The number of methoxy groups -OCH3 is 1. The van der Waals surface area contributed by atoms with Gasteiger partial charge < -0.3 is 19.5 Å². The quantitative estimate of drug-likeness (QED) is 0.493. The fourth-order valence-electron chi connectivity index (χ4n) is 3.43. The van der Waals surface area contributed by atoms with Crippen molar-refractivity contribution < 1.29 is 23.8 Å². The SMILES string of the molecule is CCCCOc1ccc(NC(=O)C2(OC)CCC(C)CC2)cc1C(=O)OCC. The van der Waals surface area contributed by atoms with Gasteiger partial charge in [-0.05, 0) is 63.1 Å². The molecule has 6 heteroatoms. The maximum absolute atomic E-state index is 12.9. The zero-order valence-corrected chi connectivity index (χ0v) is 17.5. The first-order valence-electron chi connectivity index (χ1n) is 10.3. The van der Waals surface area contributed by atoms with E-state index in [0.717, 1.165) is 25.7 Å². The van der Waals surface area contributed by atoms with E-state index in [-0.39, 0.29) is 12.5 Å². The number of rotatable bonds is 9. The highest BCUT2D eigenvalue weighted by Gasteiger charge is 2.41. The maximum Gasteiger partial charge on any atom is 0.341 e. The van der Waals surface area contributed by atoms with Crippen LogP contribution in [0.15, 0.2) is 18.2 Å². The average Bonchev–Trinajstić information content (AvgIpc) is 2.70. The van der Waals surface area contributed by atoms with E-state index in [1.165, 1.54) is 0 Å². The Bertz CT molecular complexity index is 665. The maximum atomic E-state index is 12.9. The van der Waals surface area contributed by atoms with Crippen LogP contribution in [0.5, 0.6) is 5.75 Å². The van der Waals surface area contributed by atoms with Crippen LogP contribution in [-0.4, -0.2) is 37.8 Å². The molecule has 0 spiro atoms. The molecule has 0 atom stereocenters. The number of unbranched alkanes of at least 4 members (excludes halogenated alkanes) is 1. The monoisotopic (exact) mass is 391 g/mol. The molecule has 156 valence electrons. The highest BCUT2D eigenvalue weighted by molar-refractivity contribution is 5.99. The van der Waals surface area contributed by atoms with E-state index in [9.17, 15) is 9.59 Å². The fourth-order valence-corrected chi connectivity index (χ4v) is 3.43. The predicted molar refractivity (Wildman–Crippen MR) is 109 cm³/mol. The second-order valence-electron chi connectivity index (χ2n) is 7.47. The number of hydrogen-bond donors (Lipinski definition) is 1. The lowest BCUT2D eigenvalue weighted by atomic mass is 9.79. The summed E-state index contributed by atoms with van der Waals surface area (Å²) < 4.78 is 16.5. The summed E-state index contributed by atoms with van der Waals surface area (Å²) in [6, 6.07) is 5.07. The van der Waals surface area contributed by atoms with E-state index >= 15 is 0 Å². The minimum Gasteiger partial charge on any atom is -0.493 e. The van der Waals surface area contributed by atoms with Crippen molar-refractivity contribution in [3.05, 3.63) is 23.8 Å². The number of anilines is 1. The van der Waals surface area contributed by atoms with Crippen LogP contribution < -0.4 is 10.1 Å². The van der Waals surface area contributed by atoms with Gasteiger partial charge in [-0.1, -0.05) is 20.3 Å². The smallest absolute Gasteiger partial charge is 0.341 e. The summed E-state index contributed by atoms with van der Waals surface area (Å²) >= 11 is 0. The molecule has 0 unspecified atom stereocenters. The molecule has 1 N–H and O–H groups in total. The first-order chi connectivity index (χ1) is 13.5. The van der Waals surface area contributed by atoms with Gasteiger partial charge in [-0.15, -0.1) is 0 Å². The first kappa shape index (κ1) is 22.2. The Kier molecular flexibility index (Phi) is 8.30. The number of hydrogen-bond acceptors (Lipinski definition) is 5. The number of nitrogens with one attached hydrogen (secondary N) is 1. The third-order valence-corrected chi connectivity index (χ3v) is 5.37. The number of esters is 1. The summed E-state index contributed by atoms with van der Waals surface area (Å²) in [4.78, 5) is 25.3. The van der Waals surface area contributed by atoms with Gasteiger partial charge >= 0.3 is 5.97 Å². The molecule has 0 saturated heterocycles. The van der Waals surface area contributed by atoms with E-state index in [2.05, 4.69) is 19.2 Å². The van der Waals surface area contributed by atoms with Gasteiger partial charge in [-0.3, -0.25) is 4.79 Å². The average molecular weight is 392 g/mol. The van der Waals surface area contributed by atoms with E-state index < -0.39 is 11.6 Å². The van der Waals surface area contributed by atoms with Crippen molar-refractivity contribution in [3.8, 4) is 5.75 Å². The molecule has 1 fully saturated rings. The van der Waals surface area contributed by atoms with Gasteiger partial charge in [-0.2, -0.15) is 0 Å². The van der Waals surface area contributed by atoms with Gasteiger partial charge in [0, 0.05) is 12.8 Å². The molecule has 1 amide bonds. The molecular weight excluding hydrogens is 358 g/mol. The van der Waals surface area contributed by atoms with E-state index in [1.54, 1.807) is 32.2 Å². The number of amides is 1. The molecule has 1 aliphatic carbocycles. The summed E-state index contributed by atoms with van der Waals surface area (Å²) in [7, 11) is 1.59. The summed E-state index contributed by atoms with van der Waals surface area (Å²) in [5, 5.41) is 2.92. The van der Waals surface area contributed by atoms with Crippen molar-refractivity contribution >= 4 is 17.6 Å². The zero-order chi connectivity index (χ0) is 20.6. The van der Waals surface area contributed by atoms with Crippen LogP contribution in [0.3, 0.4) is 0 Å². The normalized spacial score (nSPS) is 21.8. The van der Waals surface area contributed by atoms with Gasteiger partial charge in [0.2, 0.25) is 0 Å². The van der Waals surface area contributed by atoms with Gasteiger partial charge in [0.25, 0.3) is 5.91 Å². The van der Waals surface area contributed by atoms with Crippen molar-refractivity contribution in [2.75, 3.05) is 25.6 Å². The van der Waals surface area contributed by atoms with Crippen LogP contribution in [0.4, 0.5) is 5.69 Å². The molecular formula is C22H33NO5. The van der Waals surface area contributed by atoms with Crippen LogP contribution in [0, 0.1) is 5.92 Å². The molecule has 1 saturated carbocycles. The Morgan fingerprint density at radius 3 is 2.54 bits per heavy atom. The molecule has 1 aromatic rings. The standard InChI is InChI=1S/C22H33NO5/c1-5-7-14-28-19-9-8-17(15-18(19)20(24)27-6-2)23-21(25)22(26-4)12-10-16(3)11-13-22/h8-9,15-16H,5-7,10-14H2,1-4H3,(H,23,25). The number of benzene rings is 1. The lowest BCUT2D eigenvalue weighted by Crippen LogP contribution is -2.47. The second-order valence-corrected chi connectivity index (χ2v) is 7.47. The van der Waals surface area contributed by atoms with Gasteiger partial charge in [-0.25, -0.2) is 4.79 Å². The lowest BCUT2D eigenvalue weighted by Gasteiger charge is -2.36. The van der Waals surface area contributed by atoms with E-state index in [1.807, 2.05) is 0 Å². The van der Waals surface area contributed by atoms with Gasteiger partial charge in [0.15, 0.2) is 0 Å². The van der Waals surface area contributed by atoms with Crippen molar-refractivity contribution in [1.29, 1.82) is 0 Å². The molecule has 0 heterocycles. The van der Waals surface area contributed by atoms with Crippen molar-refractivity contribution in [2.45, 2.75) is 64.9 Å². The summed E-state index contributed by atoms with van der Waals surface area (Å²) in [6.45, 7) is 6.83. The van der Waals surface area contributed by atoms with Crippen LogP contribution in [-0.2, 0) is 14.3 Å². The Balaban J connectivity index is 2.19. The van der Waals surface area contributed by atoms with E-state index in [0.29, 0.717) is 42.4 Å². The third-order valence-electron chi connectivity index (χ3n) is 5.37. The Labute approximate surface area is 167 Å². The highest BCUT2D eigenvalue weighted by Crippen LogP contribution is 2.35. The van der Waals surface area contributed by atoms with Crippen molar-refractivity contribution in [1.82, 2.24) is 0 Å². The molecule has 0 aromatic heterocycles. The molecule has 28 heavy (non-hydrogen) atoms. The molecule has 2 rings (SSSR count). The molecule has 0 aliphatic heterocycles. The fraction of sp³-hybridized carbons (Fsp3) is 0.636.